The van der Waals surface area contributed by atoms with Crippen molar-refractivity contribution in [3.63, 3.8) is 0 Å². The summed E-state index contributed by atoms with van der Waals surface area (Å²) in [5, 5.41) is 0. The van der Waals surface area contributed by atoms with E-state index in [0.717, 1.165) is 46.7 Å². The summed E-state index contributed by atoms with van der Waals surface area (Å²) in [5.74, 6) is -0.707. The summed E-state index contributed by atoms with van der Waals surface area (Å²) >= 11 is 1.57. The molecule has 5 rings (SSSR count). The molecule has 0 atom stereocenters. The third kappa shape index (κ3) is 2.22. The molecule has 0 saturated heterocycles. The molecule has 2 aromatic heterocycles. The minimum absolute atomic E-state index is 0.217. The van der Waals surface area contributed by atoms with Gasteiger partial charge in [-0.15, -0.1) is 11.3 Å². The van der Waals surface area contributed by atoms with Crippen LogP contribution in [-0.4, -0.2) is 14.5 Å². The van der Waals surface area contributed by atoms with E-state index in [1.807, 2.05) is 17.6 Å². The predicted octanol–water partition coefficient (Wildman–Crippen LogP) is 5.36. The Hall–Kier alpha value is -2.60. The molecule has 26 heavy (non-hydrogen) atoms. The molecule has 0 N–H and O–H groups in total. The molecule has 0 radical (unpaired) electrons. The fourth-order valence-electron chi connectivity index (χ4n) is 3.64. The van der Waals surface area contributed by atoms with Crippen molar-refractivity contribution in [3.05, 3.63) is 58.9 Å². The number of aromatic nitrogens is 3. The Labute approximate surface area is 153 Å². The molecular weight excluding hydrogens is 352 g/mol. The molecule has 0 amide bonds. The van der Waals surface area contributed by atoms with Crippen LogP contribution in [0.25, 0.3) is 32.7 Å². The summed E-state index contributed by atoms with van der Waals surface area (Å²) < 4.78 is 32.0. The van der Waals surface area contributed by atoms with Gasteiger partial charge in [0.05, 0.1) is 27.1 Å². The van der Waals surface area contributed by atoms with Gasteiger partial charge in [0.25, 0.3) is 0 Å². The number of hydrogen-bond donors (Lipinski definition) is 0. The van der Waals surface area contributed by atoms with Crippen molar-refractivity contribution in [2.45, 2.75) is 26.3 Å². The van der Waals surface area contributed by atoms with Gasteiger partial charge < -0.3 is 4.57 Å². The van der Waals surface area contributed by atoms with Gasteiger partial charge in [-0.2, -0.15) is 0 Å². The summed E-state index contributed by atoms with van der Waals surface area (Å²) in [4.78, 5) is 9.00. The molecule has 6 heteroatoms. The smallest absolute Gasteiger partial charge is 0.168 e. The fourth-order valence-corrected chi connectivity index (χ4v) is 4.35. The highest BCUT2D eigenvalue weighted by atomic mass is 32.1. The normalized spacial score (nSPS) is 13.5. The molecule has 4 aromatic rings. The van der Waals surface area contributed by atoms with Crippen molar-refractivity contribution in [2.75, 3.05) is 0 Å². The molecule has 0 saturated carbocycles. The Kier molecular flexibility index (Phi) is 3.43. The molecule has 1 aliphatic heterocycles. The topological polar surface area (TPSA) is 30.7 Å². The van der Waals surface area contributed by atoms with E-state index in [-0.39, 0.29) is 5.56 Å². The lowest BCUT2D eigenvalue weighted by molar-refractivity contribution is 0.505. The van der Waals surface area contributed by atoms with E-state index in [1.165, 1.54) is 0 Å². The van der Waals surface area contributed by atoms with Gasteiger partial charge in [0.1, 0.15) is 5.82 Å². The van der Waals surface area contributed by atoms with Gasteiger partial charge in [0, 0.05) is 24.1 Å². The minimum atomic E-state index is -0.832. The van der Waals surface area contributed by atoms with Crippen LogP contribution in [0, 0.1) is 18.6 Å². The molecule has 0 aliphatic carbocycles. The highest BCUT2D eigenvalue weighted by Crippen LogP contribution is 2.38. The van der Waals surface area contributed by atoms with E-state index in [4.69, 9.17) is 0 Å². The Morgan fingerprint density at radius 1 is 1.12 bits per heavy atom. The van der Waals surface area contributed by atoms with Crippen LogP contribution < -0.4 is 0 Å². The maximum absolute atomic E-state index is 14.7. The highest BCUT2D eigenvalue weighted by molar-refractivity contribution is 7.16. The summed E-state index contributed by atoms with van der Waals surface area (Å²) in [6.07, 6.45) is 1.87. The second-order valence-corrected chi connectivity index (χ2v) is 7.46. The average molecular weight is 367 g/mol. The molecule has 1 aliphatic rings. The van der Waals surface area contributed by atoms with E-state index < -0.39 is 11.6 Å². The van der Waals surface area contributed by atoms with Crippen LogP contribution in [0.15, 0.2) is 35.8 Å². The standard InChI is InChI=1S/C20H15F2N3S/c1-11-4-6-13(18(22)17(11)21)19-20(25-8-2-3-16(25)24-19)12-5-7-14-15(9-12)26-10-23-14/h4-7,9-10H,2-3,8H2,1H3. The number of thiazole rings is 1. The van der Waals surface area contributed by atoms with Crippen molar-refractivity contribution in [2.24, 2.45) is 0 Å². The quantitative estimate of drug-likeness (QED) is 0.477. The molecule has 0 unspecified atom stereocenters. The predicted molar refractivity (Wildman–Crippen MR) is 99.3 cm³/mol. The van der Waals surface area contributed by atoms with Crippen LogP contribution in [0.4, 0.5) is 8.78 Å². The van der Waals surface area contributed by atoms with Gasteiger partial charge in [-0.1, -0.05) is 12.1 Å². The number of nitrogens with zero attached hydrogens (tertiary/aromatic N) is 3. The second kappa shape index (κ2) is 5.71. The second-order valence-electron chi connectivity index (χ2n) is 6.57. The largest absolute Gasteiger partial charge is 0.327 e. The summed E-state index contributed by atoms with van der Waals surface area (Å²) in [7, 11) is 0. The average Bonchev–Trinajstić information content (AvgIpc) is 3.34. The molecule has 3 nitrogen and oxygen atoms in total. The molecule has 130 valence electrons. The first-order valence-electron chi connectivity index (χ1n) is 8.51. The van der Waals surface area contributed by atoms with Gasteiger partial charge in [-0.25, -0.2) is 18.7 Å². The minimum Gasteiger partial charge on any atom is -0.327 e. The zero-order valence-corrected chi connectivity index (χ0v) is 14.9. The maximum Gasteiger partial charge on any atom is 0.168 e. The lowest BCUT2D eigenvalue weighted by Gasteiger charge is -2.10. The number of imidazole rings is 1. The van der Waals surface area contributed by atoms with Crippen LogP contribution in [0.2, 0.25) is 0 Å². The summed E-state index contributed by atoms with van der Waals surface area (Å²) in [5.41, 5.74) is 5.59. The first-order chi connectivity index (χ1) is 12.6. The summed E-state index contributed by atoms with van der Waals surface area (Å²) in [6, 6.07) is 9.24. The third-order valence-electron chi connectivity index (χ3n) is 4.96. The number of hydrogen-bond acceptors (Lipinski definition) is 3. The number of aryl methyl sites for hydroxylation is 2. The van der Waals surface area contributed by atoms with Gasteiger partial charge in [0.15, 0.2) is 11.6 Å². The molecule has 0 fully saturated rings. The van der Waals surface area contributed by atoms with Gasteiger partial charge in [-0.05, 0) is 37.1 Å². The Bertz CT molecular complexity index is 1160. The van der Waals surface area contributed by atoms with Crippen molar-refractivity contribution >= 4 is 21.6 Å². The lowest BCUT2D eigenvalue weighted by Crippen LogP contribution is -1.98. The van der Waals surface area contributed by atoms with E-state index in [0.29, 0.717) is 11.3 Å². The van der Waals surface area contributed by atoms with Gasteiger partial charge in [0.2, 0.25) is 0 Å². The number of halogens is 2. The van der Waals surface area contributed by atoms with Gasteiger partial charge in [-0.3, -0.25) is 0 Å². The number of fused-ring (bicyclic) bond motifs is 2. The SMILES string of the molecule is Cc1ccc(-c2nc3n(c2-c2ccc4ncsc4c2)CCC3)c(F)c1F. The molecular formula is C20H15F2N3S. The van der Waals surface area contributed by atoms with Crippen molar-refractivity contribution in [3.8, 4) is 22.5 Å². The first-order valence-corrected chi connectivity index (χ1v) is 9.39. The highest BCUT2D eigenvalue weighted by Gasteiger charge is 2.26. The lowest BCUT2D eigenvalue weighted by atomic mass is 10.0. The van der Waals surface area contributed by atoms with Crippen LogP contribution in [0.1, 0.15) is 17.8 Å². The molecule has 0 bridgehead atoms. The fraction of sp³-hybridized carbons (Fsp3) is 0.200. The van der Waals surface area contributed by atoms with Crippen LogP contribution in [-0.2, 0) is 13.0 Å². The third-order valence-corrected chi connectivity index (χ3v) is 5.76. The first kappa shape index (κ1) is 15.6. The zero-order valence-electron chi connectivity index (χ0n) is 14.1. The van der Waals surface area contributed by atoms with E-state index in [1.54, 1.807) is 30.4 Å². The monoisotopic (exact) mass is 367 g/mol. The molecule has 3 heterocycles. The van der Waals surface area contributed by atoms with Crippen molar-refractivity contribution in [1.82, 2.24) is 14.5 Å². The number of rotatable bonds is 2. The maximum atomic E-state index is 14.7. The van der Waals surface area contributed by atoms with E-state index in [2.05, 4.69) is 20.6 Å². The van der Waals surface area contributed by atoms with Gasteiger partial charge >= 0.3 is 0 Å². The van der Waals surface area contributed by atoms with Crippen LogP contribution in [0.5, 0.6) is 0 Å². The Balaban J connectivity index is 1.79. The Morgan fingerprint density at radius 3 is 2.88 bits per heavy atom. The number of benzene rings is 2. The molecule has 0 spiro atoms. The van der Waals surface area contributed by atoms with E-state index >= 15 is 0 Å². The Morgan fingerprint density at radius 2 is 2.00 bits per heavy atom. The zero-order chi connectivity index (χ0) is 17.8. The van der Waals surface area contributed by atoms with Crippen LogP contribution in [0.3, 0.4) is 0 Å². The van der Waals surface area contributed by atoms with Crippen molar-refractivity contribution in [1.29, 1.82) is 0 Å². The van der Waals surface area contributed by atoms with Crippen molar-refractivity contribution < 1.29 is 8.78 Å². The van der Waals surface area contributed by atoms with E-state index in [9.17, 15) is 8.78 Å². The van der Waals surface area contributed by atoms with Crippen LogP contribution >= 0.6 is 11.3 Å². The summed E-state index contributed by atoms with van der Waals surface area (Å²) in [6.45, 7) is 2.41. The molecule has 2 aromatic carbocycles.